The van der Waals surface area contributed by atoms with Gasteiger partial charge in [-0.15, -0.1) is 5.10 Å². The summed E-state index contributed by atoms with van der Waals surface area (Å²) in [4.78, 5) is 0. The van der Waals surface area contributed by atoms with Crippen LogP contribution >= 0.6 is 0 Å². The maximum Gasteiger partial charge on any atom is 0.169 e. The smallest absolute Gasteiger partial charge is 0.169 e. The zero-order valence-corrected chi connectivity index (χ0v) is 10.8. The lowest BCUT2D eigenvalue weighted by Gasteiger charge is -2.22. The molecule has 3 unspecified atom stereocenters. The summed E-state index contributed by atoms with van der Waals surface area (Å²) < 4.78 is 2.06. The molecule has 4 heteroatoms. The predicted molar refractivity (Wildman–Crippen MR) is 67.5 cm³/mol. The third kappa shape index (κ3) is 1.83. The van der Waals surface area contributed by atoms with Crippen LogP contribution in [-0.2, 0) is 6.54 Å². The van der Waals surface area contributed by atoms with Crippen molar-refractivity contribution in [3.8, 4) is 0 Å². The van der Waals surface area contributed by atoms with Gasteiger partial charge in [0.15, 0.2) is 5.82 Å². The second kappa shape index (κ2) is 4.00. The molecule has 0 aliphatic heterocycles. The number of fused-ring (bicyclic) bond motifs is 2. The molecule has 0 spiro atoms. The van der Waals surface area contributed by atoms with Gasteiger partial charge in [0, 0.05) is 6.54 Å². The Hall–Kier alpha value is -1.06. The highest BCUT2D eigenvalue weighted by Gasteiger charge is 2.39. The third-order valence-corrected chi connectivity index (χ3v) is 4.64. The summed E-state index contributed by atoms with van der Waals surface area (Å²) in [7, 11) is 0. The van der Waals surface area contributed by atoms with Gasteiger partial charge in [-0.05, 0) is 42.9 Å². The van der Waals surface area contributed by atoms with Gasteiger partial charge < -0.3 is 5.73 Å². The molecule has 2 aliphatic rings. The average Bonchev–Trinajstić information content (AvgIpc) is 2.93. The number of nitrogen functional groups attached to an aromatic ring is 1. The summed E-state index contributed by atoms with van der Waals surface area (Å²) in [6, 6.07) is 0. The van der Waals surface area contributed by atoms with Gasteiger partial charge in [-0.25, -0.2) is 4.68 Å². The van der Waals surface area contributed by atoms with E-state index in [9.17, 15) is 0 Å². The lowest BCUT2D eigenvalue weighted by atomic mass is 9.89. The lowest BCUT2D eigenvalue weighted by Crippen LogP contribution is -2.20. The maximum absolute atomic E-state index is 5.90. The highest BCUT2D eigenvalue weighted by molar-refractivity contribution is 5.35. The Labute approximate surface area is 103 Å². The van der Waals surface area contributed by atoms with E-state index in [1.165, 1.54) is 25.7 Å². The molecule has 1 aromatic heterocycles. The number of nitrogens with two attached hydrogens (primary N) is 1. The van der Waals surface area contributed by atoms with Crippen LogP contribution < -0.4 is 5.73 Å². The second-order valence-corrected chi connectivity index (χ2v) is 6.13. The Morgan fingerprint density at radius 3 is 2.76 bits per heavy atom. The molecule has 2 fully saturated rings. The summed E-state index contributed by atoms with van der Waals surface area (Å²) in [5.74, 6) is 3.76. The van der Waals surface area contributed by atoms with E-state index >= 15 is 0 Å². The molecule has 0 saturated heterocycles. The van der Waals surface area contributed by atoms with E-state index in [-0.39, 0.29) is 0 Å². The Kier molecular flexibility index (Phi) is 2.60. The van der Waals surface area contributed by atoms with Gasteiger partial charge in [0.1, 0.15) is 0 Å². The Bertz CT molecular complexity index is 410. The highest BCUT2D eigenvalue weighted by atomic mass is 15.4. The fraction of sp³-hybridized carbons (Fsp3) is 0.846. The second-order valence-electron chi connectivity index (χ2n) is 6.13. The van der Waals surface area contributed by atoms with Crippen LogP contribution in [0.25, 0.3) is 0 Å². The van der Waals surface area contributed by atoms with Crippen LogP contribution in [0.2, 0.25) is 0 Å². The standard InChI is InChI=1S/C13H22N4/c1-8(2)12-13(14)15-16-17(12)7-11-6-9-3-4-10(11)5-9/h8-11H,3-7,14H2,1-2H3. The quantitative estimate of drug-likeness (QED) is 0.873. The van der Waals surface area contributed by atoms with Gasteiger partial charge in [0.2, 0.25) is 0 Å². The maximum atomic E-state index is 5.90. The Morgan fingerprint density at radius 1 is 1.35 bits per heavy atom. The van der Waals surface area contributed by atoms with E-state index in [4.69, 9.17) is 5.73 Å². The van der Waals surface area contributed by atoms with Gasteiger partial charge >= 0.3 is 0 Å². The molecular weight excluding hydrogens is 212 g/mol. The van der Waals surface area contributed by atoms with Crippen LogP contribution in [0.3, 0.4) is 0 Å². The van der Waals surface area contributed by atoms with Crippen molar-refractivity contribution in [3.05, 3.63) is 5.69 Å². The van der Waals surface area contributed by atoms with Crippen molar-refractivity contribution in [2.45, 2.75) is 52.0 Å². The van der Waals surface area contributed by atoms with Crippen molar-refractivity contribution in [2.75, 3.05) is 5.73 Å². The van der Waals surface area contributed by atoms with E-state index in [0.717, 1.165) is 30.0 Å². The van der Waals surface area contributed by atoms with Crippen molar-refractivity contribution in [1.29, 1.82) is 0 Å². The van der Waals surface area contributed by atoms with Crippen molar-refractivity contribution >= 4 is 5.82 Å². The summed E-state index contributed by atoms with van der Waals surface area (Å²) in [5.41, 5.74) is 7.02. The van der Waals surface area contributed by atoms with Gasteiger partial charge in [0.25, 0.3) is 0 Å². The summed E-state index contributed by atoms with van der Waals surface area (Å²) >= 11 is 0. The van der Waals surface area contributed by atoms with E-state index in [1.54, 1.807) is 0 Å². The molecule has 2 bridgehead atoms. The molecule has 2 saturated carbocycles. The molecule has 3 rings (SSSR count). The van der Waals surface area contributed by atoms with Crippen LogP contribution in [0.15, 0.2) is 0 Å². The number of rotatable bonds is 3. The minimum absolute atomic E-state index is 0.406. The summed E-state index contributed by atoms with van der Waals surface area (Å²) in [5, 5.41) is 8.26. The van der Waals surface area contributed by atoms with Gasteiger partial charge in [-0.1, -0.05) is 25.5 Å². The monoisotopic (exact) mass is 234 g/mol. The zero-order chi connectivity index (χ0) is 12.0. The average molecular weight is 234 g/mol. The first kappa shape index (κ1) is 11.1. The van der Waals surface area contributed by atoms with Crippen molar-refractivity contribution in [3.63, 3.8) is 0 Å². The molecule has 3 atom stereocenters. The molecular formula is C13H22N4. The molecule has 0 radical (unpaired) electrons. The molecule has 0 amide bonds. The third-order valence-electron chi connectivity index (χ3n) is 4.64. The first-order chi connectivity index (χ1) is 8.15. The lowest BCUT2D eigenvalue weighted by molar-refractivity contribution is 0.279. The molecule has 0 aromatic carbocycles. The minimum Gasteiger partial charge on any atom is -0.381 e. The Morgan fingerprint density at radius 2 is 2.18 bits per heavy atom. The van der Waals surface area contributed by atoms with Gasteiger partial charge in [-0.2, -0.15) is 0 Å². The van der Waals surface area contributed by atoms with E-state index in [2.05, 4.69) is 28.8 Å². The van der Waals surface area contributed by atoms with Crippen molar-refractivity contribution in [2.24, 2.45) is 17.8 Å². The number of hydrogen-bond donors (Lipinski definition) is 1. The first-order valence-corrected chi connectivity index (χ1v) is 6.84. The Balaban J connectivity index is 1.77. The topological polar surface area (TPSA) is 56.7 Å². The van der Waals surface area contributed by atoms with Crippen LogP contribution in [0.1, 0.15) is 51.1 Å². The fourth-order valence-corrected chi connectivity index (χ4v) is 3.88. The van der Waals surface area contributed by atoms with E-state index in [0.29, 0.717) is 11.7 Å². The number of anilines is 1. The van der Waals surface area contributed by atoms with Crippen molar-refractivity contribution in [1.82, 2.24) is 15.0 Å². The van der Waals surface area contributed by atoms with Gasteiger partial charge in [0.05, 0.1) is 5.69 Å². The minimum atomic E-state index is 0.406. The van der Waals surface area contributed by atoms with Crippen molar-refractivity contribution < 1.29 is 0 Å². The molecule has 2 aliphatic carbocycles. The molecule has 17 heavy (non-hydrogen) atoms. The normalized spacial score (nSPS) is 31.6. The number of aromatic nitrogens is 3. The summed E-state index contributed by atoms with van der Waals surface area (Å²) in [6.45, 7) is 5.34. The molecule has 94 valence electrons. The fourth-order valence-electron chi connectivity index (χ4n) is 3.88. The SMILES string of the molecule is CC(C)c1c(N)nnn1CC1CC2CCC1C2. The summed E-state index contributed by atoms with van der Waals surface area (Å²) in [6.07, 6.45) is 5.72. The first-order valence-electron chi connectivity index (χ1n) is 6.84. The van der Waals surface area contributed by atoms with Crippen LogP contribution in [-0.4, -0.2) is 15.0 Å². The molecule has 4 nitrogen and oxygen atoms in total. The zero-order valence-electron chi connectivity index (χ0n) is 10.8. The highest BCUT2D eigenvalue weighted by Crippen LogP contribution is 2.48. The largest absolute Gasteiger partial charge is 0.381 e. The molecule has 1 aromatic rings. The van der Waals surface area contributed by atoms with E-state index < -0.39 is 0 Å². The van der Waals surface area contributed by atoms with Crippen LogP contribution in [0, 0.1) is 17.8 Å². The van der Waals surface area contributed by atoms with E-state index in [1.807, 2.05) is 0 Å². The van der Waals surface area contributed by atoms with Gasteiger partial charge in [-0.3, -0.25) is 0 Å². The predicted octanol–water partition coefficient (Wildman–Crippen LogP) is 2.42. The molecule has 1 heterocycles. The number of nitrogens with zero attached hydrogens (tertiary/aromatic N) is 3. The van der Waals surface area contributed by atoms with Crippen LogP contribution in [0.5, 0.6) is 0 Å². The van der Waals surface area contributed by atoms with Crippen LogP contribution in [0.4, 0.5) is 5.82 Å². The number of hydrogen-bond acceptors (Lipinski definition) is 3. The molecule has 2 N–H and O–H groups in total.